The fraction of sp³-hybridized carbons (Fsp3) is 0.276. The van der Waals surface area contributed by atoms with Gasteiger partial charge in [-0.3, -0.25) is 9.69 Å². The van der Waals surface area contributed by atoms with Crippen LogP contribution in [0.2, 0.25) is 0 Å². The highest BCUT2D eigenvalue weighted by atomic mass is 79.9. The van der Waals surface area contributed by atoms with E-state index in [0.29, 0.717) is 36.9 Å². The van der Waals surface area contributed by atoms with Gasteiger partial charge >= 0.3 is 0 Å². The lowest BCUT2D eigenvalue weighted by molar-refractivity contribution is -0.0165. The van der Waals surface area contributed by atoms with Crippen LogP contribution in [-0.2, 0) is 24.3 Å². The van der Waals surface area contributed by atoms with Crippen molar-refractivity contribution in [2.45, 2.75) is 26.5 Å². The molecule has 0 bridgehead atoms. The van der Waals surface area contributed by atoms with Crippen LogP contribution in [-0.4, -0.2) is 37.9 Å². The van der Waals surface area contributed by atoms with Crippen LogP contribution in [0.5, 0.6) is 23.0 Å². The number of ether oxygens (including phenoxy) is 5. The van der Waals surface area contributed by atoms with E-state index in [9.17, 15) is 4.79 Å². The summed E-state index contributed by atoms with van der Waals surface area (Å²) in [7, 11) is 1.69. The van der Waals surface area contributed by atoms with Crippen LogP contribution in [0.25, 0.3) is 6.08 Å². The third-order valence-electron chi connectivity index (χ3n) is 6.88. The monoisotopic (exact) mass is 563 g/mol. The van der Waals surface area contributed by atoms with Crippen molar-refractivity contribution < 1.29 is 28.5 Å². The molecule has 0 aliphatic carbocycles. The lowest BCUT2D eigenvalue weighted by Gasteiger charge is -2.30. The van der Waals surface area contributed by atoms with Crippen molar-refractivity contribution >= 4 is 27.8 Å². The standard InChI is InChI=1S/C29H26BrNO6/c1-17-27-20(13-31(15-35-27)8-7-18-5-3-4-6-24(18)33-2)11-23-26(32)25(37-28(17)23)12-19-9-22(30)10-21-14-34-16-36-29(19)21/h3-6,9-12H,7-8,13-16H2,1-2H3/b25-12-. The van der Waals surface area contributed by atoms with E-state index in [1.807, 2.05) is 43.3 Å². The van der Waals surface area contributed by atoms with E-state index in [0.717, 1.165) is 56.8 Å². The van der Waals surface area contributed by atoms with Crippen LogP contribution < -0.4 is 18.9 Å². The molecule has 0 N–H and O–H groups in total. The summed E-state index contributed by atoms with van der Waals surface area (Å²) in [5, 5.41) is 0. The summed E-state index contributed by atoms with van der Waals surface area (Å²) in [6, 6.07) is 13.8. The predicted octanol–water partition coefficient (Wildman–Crippen LogP) is 5.64. The molecule has 0 unspecified atom stereocenters. The number of hydrogen-bond acceptors (Lipinski definition) is 7. The van der Waals surface area contributed by atoms with E-state index in [-0.39, 0.29) is 18.3 Å². The van der Waals surface area contributed by atoms with Gasteiger partial charge in [-0.1, -0.05) is 34.1 Å². The third-order valence-corrected chi connectivity index (χ3v) is 7.34. The molecule has 0 spiro atoms. The molecule has 190 valence electrons. The van der Waals surface area contributed by atoms with Crippen LogP contribution in [0.3, 0.4) is 0 Å². The summed E-state index contributed by atoms with van der Waals surface area (Å²) in [5.41, 5.74) is 5.24. The van der Waals surface area contributed by atoms with Crippen LogP contribution in [0.15, 0.2) is 52.7 Å². The van der Waals surface area contributed by atoms with Crippen LogP contribution in [0.1, 0.15) is 38.2 Å². The maximum atomic E-state index is 13.4. The Morgan fingerprint density at radius 3 is 2.81 bits per heavy atom. The molecule has 3 aromatic carbocycles. The van der Waals surface area contributed by atoms with E-state index in [1.54, 1.807) is 13.2 Å². The molecule has 3 heterocycles. The number of carbonyl (C=O) groups excluding carboxylic acids is 1. The first-order valence-electron chi connectivity index (χ1n) is 12.1. The van der Waals surface area contributed by atoms with Crippen molar-refractivity contribution in [3.8, 4) is 23.0 Å². The van der Waals surface area contributed by atoms with Gasteiger partial charge in [0.25, 0.3) is 0 Å². The number of para-hydroxylation sites is 1. The Morgan fingerprint density at radius 2 is 1.95 bits per heavy atom. The Hall–Kier alpha value is -3.33. The second kappa shape index (κ2) is 9.85. The number of carbonyl (C=O) groups is 1. The molecule has 0 atom stereocenters. The van der Waals surface area contributed by atoms with Crippen molar-refractivity contribution in [3.63, 3.8) is 0 Å². The Kier molecular flexibility index (Phi) is 6.40. The van der Waals surface area contributed by atoms with Crippen molar-refractivity contribution in [1.29, 1.82) is 0 Å². The molecule has 0 radical (unpaired) electrons. The van der Waals surface area contributed by atoms with Crippen LogP contribution in [0, 0.1) is 6.92 Å². The summed E-state index contributed by atoms with van der Waals surface area (Å²) >= 11 is 3.54. The molecular formula is C29H26BrNO6. The average Bonchev–Trinajstić information content (AvgIpc) is 3.22. The smallest absolute Gasteiger partial charge is 0.231 e. The van der Waals surface area contributed by atoms with Gasteiger partial charge in [0.2, 0.25) is 5.78 Å². The number of hydrogen-bond donors (Lipinski definition) is 0. The molecule has 0 saturated carbocycles. The van der Waals surface area contributed by atoms with E-state index in [1.165, 1.54) is 0 Å². The highest BCUT2D eigenvalue weighted by Gasteiger charge is 2.34. The number of rotatable bonds is 5. The number of nitrogens with zero attached hydrogens (tertiary/aromatic N) is 1. The molecule has 0 aromatic heterocycles. The number of benzene rings is 3. The van der Waals surface area contributed by atoms with Gasteiger partial charge in [-0.05, 0) is 49.2 Å². The van der Waals surface area contributed by atoms with Gasteiger partial charge in [-0.2, -0.15) is 0 Å². The zero-order chi connectivity index (χ0) is 25.5. The topological polar surface area (TPSA) is 66.5 Å². The molecule has 8 heteroatoms. The SMILES string of the molecule is COc1ccccc1CCN1COc2c(cc3c(c2C)O/C(=C\c2cc(Br)cc4c2OCOC4)C3=O)C1. The van der Waals surface area contributed by atoms with Crippen molar-refractivity contribution in [1.82, 2.24) is 4.90 Å². The lowest BCUT2D eigenvalue weighted by atomic mass is 9.99. The van der Waals surface area contributed by atoms with Gasteiger partial charge in [0.15, 0.2) is 12.6 Å². The summed E-state index contributed by atoms with van der Waals surface area (Å²) in [4.78, 5) is 15.6. The first kappa shape index (κ1) is 24.0. The summed E-state index contributed by atoms with van der Waals surface area (Å²) in [6.45, 7) is 4.55. The summed E-state index contributed by atoms with van der Waals surface area (Å²) < 4.78 is 29.8. The highest BCUT2D eigenvalue weighted by Crippen LogP contribution is 2.44. The number of Topliss-reactive ketones (excluding diaryl/α,β-unsaturated/α-hetero) is 1. The Labute approximate surface area is 223 Å². The average molecular weight is 564 g/mol. The van der Waals surface area contributed by atoms with Crippen molar-refractivity contribution in [2.75, 3.05) is 27.2 Å². The molecule has 0 amide bonds. The number of halogens is 1. The minimum Gasteiger partial charge on any atom is -0.496 e. The van der Waals surface area contributed by atoms with Gasteiger partial charge in [-0.15, -0.1) is 0 Å². The number of ketones is 1. The third kappa shape index (κ3) is 4.50. The van der Waals surface area contributed by atoms with Crippen molar-refractivity contribution in [2.24, 2.45) is 0 Å². The molecule has 3 aliphatic rings. The number of fused-ring (bicyclic) bond motifs is 3. The normalized spacial score (nSPS) is 17.4. The van der Waals surface area contributed by atoms with Crippen LogP contribution >= 0.6 is 15.9 Å². The van der Waals surface area contributed by atoms with E-state index < -0.39 is 0 Å². The van der Waals surface area contributed by atoms with Gasteiger partial charge in [0.05, 0.1) is 19.3 Å². The van der Waals surface area contributed by atoms with Gasteiger partial charge in [0.1, 0.15) is 29.7 Å². The summed E-state index contributed by atoms with van der Waals surface area (Å²) in [5.74, 6) is 3.07. The Morgan fingerprint density at radius 1 is 1.08 bits per heavy atom. The minimum absolute atomic E-state index is 0.146. The van der Waals surface area contributed by atoms with E-state index in [4.69, 9.17) is 23.7 Å². The fourth-order valence-electron chi connectivity index (χ4n) is 5.09. The Balaban J connectivity index is 1.25. The number of allylic oxidation sites excluding steroid dienone is 1. The van der Waals surface area contributed by atoms with E-state index >= 15 is 0 Å². The van der Waals surface area contributed by atoms with E-state index in [2.05, 4.69) is 26.9 Å². The van der Waals surface area contributed by atoms with Gasteiger partial charge in [0, 0.05) is 39.8 Å². The maximum Gasteiger partial charge on any atom is 0.231 e. The zero-order valence-corrected chi connectivity index (χ0v) is 22.2. The predicted molar refractivity (Wildman–Crippen MR) is 141 cm³/mol. The molecule has 7 nitrogen and oxygen atoms in total. The van der Waals surface area contributed by atoms with Crippen LogP contribution in [0.4, 0.5) is 0 Å². The van der Waals surface area contributed by atoms with Gasteiger partial charge < -0.3 is 23.7 Å². The fourth-order valence-corrected chi connectivity index (χ4v) is 5.61. The molecule has 6 rings (SSSR count). The largest absolute Gasteiger partial charge is 0.496 e. The lowest BCUT2D eigenvalue weighted by Crippen LogP contribution is -2.34. The minimum atomic E-state index is -0.146. The number of methoxy groups -OCH3 is 1. The second-order valence-corrected chi connectivity index (χ2v) is 10.2. The molecule has 37 heavy (non-hydrogen) atoms. The Bertz CT molecular complexity index is 1430. The van der Waals surface area contributed by atoms with Gasteiger partial charge in [-0.25, -0.2) is 0 Å². The molecule has 0 saturated heterocycles. The molecule has 3 aliphatic heterocycles. The summed E-state index contributed by atoms with van der Waals surface area (Å²) in [6.07, 6.45) is 2.59. The quantitative estimate of drug-likeness (QED) is 0.372. The molecule has 0 fully saturated rings. The van der Waals surface area contributed by atoms with Crippen molar-refractivity contribution in [3.05, 3.63) is 86.1 Å². The molecule has 3 aromatic rings. The molecular weight excluding hydrogens is 538 g/mol. The first-order chi connectivity index (χ1) is 18.0. The highest BCUT2D eigenvalue weighted by molar-refractivity contribution is 9.10. The second-order valence-electron chi connectivity index (χ2n) is 9.29. The first-order valence-corrected chi connectivity index (χ1v) is 12.9. The maximum absolute atomic E-state index is 13.4. The zero-order valence-electron chi connectivity index (χ0n) is 20.6.